The van der Waals surface area contributed by atoms with E-state index in [1.807, 2.05) is 36.4 Å². The molecule has 4 heteroatoms. The van der Waals surface area contributed by atoms with Crippen molar-refractivity contribution >= 4 is 11.8 Å². The van der Waals surface area contributed by atoms with Crippen LogP contribution in [0.15, 0.2) is 54.6 Å². The number of nitrogens with zero attached hydrogens (tertiary/aromatic N) is 1. The summed E-state index contributed by atoms with van der Waals surface area (Å²) in [6, 6.07) is 18.2. The minimum Gasteiger partial charge on any atom is -0.370 e. The number of carbonyl (C=O) groups excluding carboxylic acids is 2. The second-order valence-corrected chi connectivity index (χ2v) is 6.66. The zero-order chi connectivity index (χ0) is 17.6. The molecular formula is C21H24N2O2. The summed E-state index contributed by atoms with van der Waals surface area (Å²) in [5.41, 5.74) is 9.00. The first-order valence-corrected chi connectivity index (χ1v) is 8.81. The lowest BCUT2D eigenvalue weighted by molar-refractivity contribution is -0.132. The van der Waals surface area contributed by atoms with Crippen LogP contribution in [-0.2, 0) is 22.6 Å². The highest BCUT2D eigenvalue weighted by molar-refractivity contribution is 5.79. The van der Waals surface area contributed by atoms with E-state index < -0.39 is 0 Å². The van der Waals surface area contributed by atoms with Crippen LogP contribution in [0.4, 0.5) is 0 Å². The maximum Gasteiger partial charge on any atom is 0.223 e. The van der Waals surface area contributed by atoms with Crippen LogP contribution in [0.2, 0.25) is 0 Å². The Labute approximate surface area is 148 Å². The number of amides is 2. The second kappa shape index (κ2) is 7.97. The zero-order valence-electron chi connectivity index (χ0n) is 14.4. The molecule has 25 heavy (non-hydrogen) atoms. The lowest BCUT2D eigenvalue weighted by Gasteiger charge is -2.24. The number of hydrogen-bond acceptors (Lipinski definition) is 2. The maximum absolute atomic E-state index is 12.9. The van der Waals surface area contributed by atoms with Crippen LogP contribution in [0.5, 0.6) is 0 Å². The third kappa shape index (κ3) is 4.47. The fourth-order valence-electron chi connectivity index (χ4n) is 3.54. The zero-order valence-corrected chi connectivity index (χ0v) is 14.4. The quantitative estimate of drug-likeness (QED) is 0.845. The van der Waals surface area contributed by atoms with Crippen LogP contribution in [0.1, 0.15) is 41.9 Å². The molecule has 2 N–H and O–H groups in total. The molecule has 0 aromatic heterocycles. The van der Waals surface area contributed by atoms with E-state index in [4.69, 9.17) is 5.73 Å². The summed E-state index contributed by atoms with van der Waals surface area (Å²) in [7, 11) is 0. The predicted octanol–water partition coefficient (Wildman–Crippen LogP) is 3.01. The Morgan fingerprint density at radius 3 is 2.52 bits per heavy atom. The monoisotopic (exact) mass is 336 g/mol. The molecule has 0 aliphatic heterocycles. The van der Waals surface area contributed by atoms with Crippen molar-refractivity contribution in [1.82, 2.24) is 4.90 Å². The molecule has 0 saturated carbocycles. The van der Waals surface area contributed by atoms with Gasteiger partial charge in [-0.1, -0.05) is 54.6 Å². The van der Waals surface area contributed by atoms with Crippen molar-refractivity contribution in [1.29, 1.82) is 0 Å². The van der Waals surface area contributed by atoms with E-state index in [1.54, 1.807) is 4.90 Å². The standard InChI is InChI=1S/C21H24N2O2/c22-20(24)12-13-23(15-16-6-2-1-3-7-16)21(25)14-18-11-10-17-8-4-5-9-19(17)18/h1-9,18H,10-15H2,(H2,22,24)/t18-/m1/s1. The third-order valence-electron chi connectivity index (χ3n) is 4.88. The van der Waals surface area contributed by atoms with Gasteiger partial charge in [-0.15, -0.1) is 0 Å². The Kier molecular flexibility index (Phi) is 5.49. The topological polar surface area (TPSA) is 63.4 Å². The van der Waals surface area contributed by atoms with Gasteiger partial charge in [-0.2, -0.15) is 0 Å². The molecule has 2 amide bonds. The Balaban J connectivity index is 1.69. The van der Waals surface area contributed by atoms with Crippen molar-refractivity contribution in [3.63, 3.8) is 0 Å². The molecule has 4 nitrogen and oxygen atoms in total. The van der Waals surface area contributed by atoms with Crippen LogP contribution in [0.25, 0.3) is 0 Å². The van der Waals surface area contributed by atoms with Crippen LogP contribution in [0.3, 0.4) is 0 Å². The van der Waals surface area contributed by atoms with Crippen LogP contribution < -0.4 is 5.73 Å². The molecule has 130 valence electrons. The number of hydrogen-bond donors (Lipinski definition) is 1. The van der Waals surface area contributed by atoms with E-state index in [0.29, 0.717) is 19.5 Å². The Bertz CT molecular complexity index is 743. The predicted molar refractivity (Wildman–Crippen MR) is 97.8 cm³/mol. The number of rotatable bonds is 7. The van der Waals surface area contributed by atoms with Gasteiger partial charge in [-0.05, 0) is 35.4 Å². The summed E-state index contributed by atoms with van der Waals surface area (Å²) in [6.07, 6.45) is 2.73. The summed E-state index contributed by atoms with van der Waals surface area (Å²) in [6.45, 7) is 0.888. The molecular weight excluding hydrogens is 312 g/mol. The first-order valence-electron chi connectivity index (χ1n) is 8.81. The molecule has 1 atom stereocenters. The second-order valence-electron chi connectivity index (χ2n) is 6.66. The molecule has 1 aliphatic carbocycles. The largest absolute Gasteiger partial charge is 0.370 e. The molecule has 0 spiro atoms. The summed E-state index contributed by atoms with van der Waals surface area (Å²) in [5.74, 6) is -0.0144. The molecule has 0 radical (unpaired) electrons. The first kappa shape index (κ1) is 17.2. The number of nitrogens with two attached hydrogens (primary N) is 1. The highest BCUT2D eigenvalue weighted by Gasteiger charge is 2.26. The highest BCUT2D eigenvalue weighted by atomic mass is 16.2. The lowest BCUT2D eigenvalue weighted by atomic mass is 9.97. The van der Waals surface area contributed by atoms with Gasteiger partial charge in [-0.25, -0.2) is 0 Å². The third-order valence-corrected chi connectivity index (χ3v) is 4.88. The van der Waals surface area contributed by atoms with E-state index in [0.717, 1.165) is 18.4 Å². The van der Waals surface area contributed by atoms with E-state index in [9.17, 15) is 9.59 Å². The fourth-order valence-corrected chi connectivity index (χ4v) is 3.54. The smallest absolute Gasteiger partial charge is 0.223 e. The van der Waals surface area contributed by atoms with Crippen molar-refractivity contribution < 1.29 is 9.59 Å². The van der Waals surface area contributed by atoms with Gasteiger partial charge >= 0.3 is 0 Å². The molecule has 0 fully saturated rings. The van der Waals surface area contributed by atoms with Crippen molar-refractivity contribution in [3.8, 4) is 0 Å². The number of benzene rings is 2. The van der Waals surface area contributed by atoms with E-state index in [2.05, 4.69) is 18.2 Å². The Morgan fingerprint density at radius 2 is 1.76 bits per heavy atom. The molecule has 0 unspecified atom stereocenters. The summed E-state index contributed by atoms with van der Waals surface area (Å²) < 4.78 is 0. The van der Waals surface area contributed by atoms with E-state index in [-0.39, 0.29) is 24.2 Å². The molecule has 0 saturated heterocycles. The van der Waals surface area contributed by atoms with Gasteiger partial charge in [0, 0.05) is 25.9 Å². The van der Waals surface area contributed by atoms with E-state index >= 15 is 0 Å². The van der Waals surface area contributed by atoms with Gasteiger partial charge in [0.2, 0.25) is 11.8 Å². The summed E-state index contributed by atoms with van der Waals surface area (Å²) in [4.78, 5) is 25.8. The average molecular weight is 336 g/mol. The number of aryl methyl sites for hydroxylation is 1. The van der Waals surface area contributed by atoms with Gasteiger partial charge in [0.15, 0.2) is 0 Å². The maximum atomic E-state index is 12.9. The van der Waals surface area contributed by atoms with Gasteiger partial charge < -0.3 is 10.6 Å². The van der Waals surface area contributed by atoms with Crippen molar-refractivity contribution in [3.05, 3.63) is 71.3 Å². The van der Waals surface area contributed by atoms with Crippen LogP contribution >= 0.6 is 0 Å². The molecule has 3 rings (SSSR count). The molecule has 2 aromatic carbocycles. The number of fused-ring (bicyclic) bond motifs is 1. The SMILES string of the molecule is NC(=O)CCN(Cc1ccccc1)C(=O)C[C@H]1CCc2ccccc21. The van der Waals surface area contributed by atoms with Crippen molar-refractivity contribution in [2.45, 2.75) is 38.1 Å². The fraction of sp³-hybridized carbons (Fsp3) is 0.333. The highest BCUT2D eigenvalue weighted by Crippen LogP contribution is 2.35. The van der Waals surface area contributed by atoms with Gasteiger partial charge in [-0.3, -0.25) is 9.59 Å². The van der Waals surface area contributed by atoms with Gasteiger partial charge in [0.1, 0.15) is 0 Å². The minimum atomic E-state index is -0.378. The molecule has 0 heterocycles. The Morgan fingerprint density at radius 1 is 1.04 bits per heavy atom. The van der Waals surface area contributed by atoms with E-state index in [1.165, 1.54) is 11.1 Å². The number of primary amides is 1. The van der Waals surface area contributed by atoms with Crippen LogP contribution in [0, 0.1) is 0 Å². The molecule has 1 aliphatic rings. The van der Waals surface area contributed by atoms with Crippen molar-refractivity contribution in [2.24, 2.45) is 5.73 Å². The molecule has 0 bridgehead atoms. The van der Waals surface area contributed by atoms with Crippen molar-refractivity contribution in [2.75, 3.05) is 6.54 Å². The lowest BCUT2D eigenvalue weighted by Crippen LogP contribution is -2.34. The van der Waals surface area contributed by atoms with Gasteiger partial charge in [0.25, 0.3) is 0 Å². The normalized spacial score (nSPS) is 15.6. The van der Waals surface area contributed by atoms with Crippen LogP contribution in [-0.4, -0.2) is 23.3 Å². The first-order chi connectivity index (χ1) is 12.1. The molecule has 2 aromatic rings. The minimum absolute atomic E-state index is 0.0896. The summed E-state index contributed by atoms with van der Waals surface area (Å²) >= 11 is 0. The van der Waals surface area contributed by atoms with Gasteiger partial charge in [0.05, 0.1) is 0 Å². The average Bonchev–Trinajstić information content (AvgIpc) is 3.02. The summed E-state index contributed by atoms with van der Waals surface area (Å²) in [5, 5.41) is 0. The Hall–Kier alpha value is -2.62. The number of carbonyl (C=O) groups is 2.